The van der Waals surface area contributed by atoms with Crippen LogP contribution >= 0.6 is 0 Å². The van der Waals surface area contributed by atoms with Crippen LogP contribution in [0.1, 0.15) is 186 Å². The number of hydrogen-bond acceptors (Lipinski definition) is 9. The third-order valence-electron chi connectivity index (χ3n) is 9.19. The first-order chi connectivity index (χ1) is 25.9. The second-order valence-electron chi connectivity index (χ2n) is 14.3. The van der Waals surface area contributed by atoms with Crippen LogP contribution in [0.3, 0.4) is 0 Å². The van der Waals surface area contributed by atoms with E-state index in [2.05, 4.69) is 13.8 Å². The molecule has 0 heterocycles. The van der Waals surface area contributed by atoms with Crippen molar-refractivity contribution in [3.8, 4) is 0 Å². The molecule has 1 rings (SSSR count). The summed E-state index contributed by atoms with van der Waals surface area (Å²) in [5.41, 5.74) is 1.01. The van der Waals surface area contributed by atoms with E-state index in [1.165, 1.54) is 51.4 Å². The minimum Gasteiger partial charge on any atom is -0.466 e. The van der Waals surface area contributed by atoms with Crippen molar-refractivity contribution in [3.63, 3.8) is 0 Å². The molecule has 0 saturated carbocycles. The van der Waals surface area contributed by atoms with Crippen molar-refractivity contribution in [2.45, 2.75) is 193 Å². The van der Waals surface area contributed by atoms with Crippen molar-refractivity contribution in [2.75, 3.05) is 26.4 Å². The molecule has 1 aromatic rings. The van der Waals surface area contributed by atoms with Gasteiger partial charge in [-0.3, -0.25) is 19.2 Å². The molecule has 0 aliphatic heterocycles. The highest BCUT2D eigenvalue weighted by molar-refractivity contribution is 5.70. The zero-order chi connectivity index (χ0) is 38.5. The largest absolute Gasteiger partial charge is 0.466 e. The number of ether oxygens (including phenoxy) is 5. The minimum atomic E-state index is -0.682. The van der Waals surface area contributed by atoms with Gasteiger partial charge in [0.05, 0.1) is 26.4 Å². The van der Waals surface area contributed by atoms with Gasteiger partial charge in [0.1, 0.15) is 6.61 Å². The predicted octanol–water partition coefficient (Wildman–Crippen LogP) is 10.9. The van der Waals surface area contributed by atoms with Crippen molar-refractivity contribution >= 4 is 23.9 Å². The fourth-order valence-corrected chi connectivity index (χ4v) is 5.92. The highest BCUT2D eigenvalue weighted by atomic mass is 16.6. The maximum atomic E-state index is 12.6. The third kappa shape index (κ3) is 32.2. The molecule has 9 heteroatoms. The molecule has 0 bridgehead atoms. The Morgan fingerprint density at radius 3 is 1.32 bits per heavy atom. The molecule has 0 saturated heterocycles. The van der Waals surface area contributed by atoms with E-state index >= 15 is 0 Å². The quantitative estimate of drug-likeness (QED) is 0.0373. The molecule has 0 spiro atoms. The molecule has 53 heavy (non-hydrogen) atoms. The van der Waals surface area contributed by atoms with Crippen molar-refractivity contribution in [1.29, 1.82) is 0 Å². The number of carbonyl (C=O) groups is 4. The monoisotopic (exact) mass is 747 g/mol. The van der Waals surface area contributed by atoms with Crippen LogP contribution < -0.4 is 0 Å². The highest BCUT2D eigenvalue weighted by Gasteiger charge is 2.18. The van der Waals surface area contributed by atoms with E-state index in [0.29, 0.717) is 51.9 Å². The Kier molecular flexibility index (Phi) is 32.7. The van der Waals surface area contributed by atoms with E-state index in [1.807, 2.05) is 30.3 Å². The van der Waals surface area contributed by atoms with Crippen LogP contribution in [0.5, 0.6) is 0 Å². The second kappa shape index (κ2) is 36.1. The number of rotatable bonds is 37. The van der Waals surface area contributed by atoms with Gasteiger partial charge in [-0.1, -0.05) is 147 Å². The summed E-state index contributed by atoms with van der Waals surface area (Å²) in [7, 11) is 0. The van der Waals surface area contributed by atoms with Crippen LogP contribution in [-0.2, 0) is 49.5 Å². The van der Waals surface area contributed by atoms with Crippen LogP contribution in [0, 0.1) is 0 Å². The predicted molar refractivity (Wildman–Crippen MR) is 210 cm³/mol. The molecule has 0 amide bonds. The maximum Gasteiger partial charge on any atom is 0.306 e. The van der Waals surface area contributed by atoms with Gasteiger partial charge in [0.25, 0.3) is 0 Å². The number of hydrogen-bond donors (Lipinski definition) is 0. The topological polar surface area (TPSA) is 114 Å². The van der Waals surface area contributed by atoms with Crippen LogP contribution in [0.15, 0.2) is 30.3 Å². The molecule has 1 aromatic carbocycles. The van der Waals surface area contributed by atoms with E-state index in [-0.39, 0.29) is 43.5 Å². The fraction of sp³-hybridized carbons (Fsp3) is 0.773. The van der Waals surface area contributed by atoms with Gasteiger partial charge in [0, 0.05) is 25.7 Å². The summed E-state index contributed by atoms with van der Waals surface area (Å²) in [6.45, 7) is 5.90. The van der Waals surface area contributed by atoms with E-state index < -0.39 is 6.10 Å². The molecule has 9 nitrogen and oxygen atoms in total. The van der Waals surface area contributed by atoms with Gasteiger partial charge in [0.2, 0.25) is 0 Å². The molecular weight excluding hydrogens is 672 g/mol. The Morgan fingerprint density at radius 2 is 0.849 bits per heavy atom. The molecule has 0 radical (unpaired) electrons. The second-order valence-corrected chi connectivity index (χ2v) is 14.3. The van der Waals surface area contributed by atoms with Crippen LogP contribution in [0.4, 0.5) is 0 Å². The lowest BCUT2D eigenvalue weighted by atomic mass is 10.1. The standard InChI is InChI=1S/C44H74O9/c1-3-5-7-9-17-26-34-50-41(45)30-22-13-11-15-24-32-43(47)52-38-40(37-49-36-39-28-20-19-21-29-39)53-44(48)33-25-16-12-14-23-31-42(46)51-35-27-18-10-8-6-4-2/h19-21,28-29,40H,3-18,22-27,30-38H2,1-2H3. The average Bonchev–Trinajstić information content (AvgIpc) is 3.15. The zero-order valence-corrected chi connectivity index (χ0v) is 33.6. The molecule has 1 atom stereocenters. The number of carbonyl (C=O) groups excluding carboxylic acids is 4. The summed E-state index contributed by atoms with van der Waals surface area (Å²) in [5.74, 6) is -0.889. The first-order valence-electron chi connectivity index (χ1n) is 21.2. The molecule has 0 fully saturated rings. The Balaban J connectivity index is 2.20. The lowest BCUT2D eigenvalue weighted by molar-refractivity contribution is -0.163. The maximum absolute atomic E-state index is 12.6. The van der Waals surface area contributed by atoms with Crippen LogP contribution in [-0.4, -0.2) is 56.4 Å². The molecule has 0 N–H and O–H groups in total. The van der Waals surface area contributed by atoms with Gasteiger partial charge in [-0.05, 0) is 44.1 Å². The van der Waals surface area contributed by atoms with E-state index in [0.717, 1.165) is 82.6 Å². The van der Waals surface area contributed by atoms with Crippen LogP contribution in [0.25, 0.3) is 0 Å². The third-order valence-corrected chi connectivity index (χ3v) is 9.19. The first-order valence-corrected chi connectivity index (χ1v) is 21.2. The number of esters is 4. The Hall–Kier alpha value is -2.94. The minimum absolute atomic E-state index is 0.0465. The van der Waals surface area contributed by atoms with Gasteiger partial charge in [-0.15, -0.1) is 0 Å². The summed E-state index contributed by atoms with van der Waals surface area (Å²) in [5, 5.41) is 0. The molecule has 0 aliphatic rings. The lowest BCUT2D eigenvalue weighted by Gasteiger charge is -2.18. The summed E-state index contributed by atoms with van der Waals surface area (Å²) in [6.07, 6.45) is 23.3. The summed E-state index contributed by atoms with van der Waals surface area (Å²) >= 11 is 0. The van der Waals surface area contributed by atoms with Crippen LogP contribution in [0.2, 0.25) is 0 Å². The average molecular weight is 747 g/mol. The fourth-order valence-electron chi connectivity index (χ4n) is 5.92. The highest BCUT2D eigenvalue weighted by Crippen LogP contribution is 2.13. The molecule has 0 aliphatic carbocycles. The Labute approximate surface area is 322 Å². The molecule has 0 aromatic heterocycles. The van der Waals surface area contributed by atoms with Gasteiger partial charge in [-0.2, -0.15) is 0 Å². The van der Waals surface area contributed by atoms with Crippen molar-refractivity contribution in [3.05, 3.63) is 35.9 Å². The summed E-state index contributed by atoms with van der Waals surface area (Å²) in [6, 6.07) is 9.74. The van der Waals surface area contributed by atoms with Crippen molar-refractivity contribution < 1.29 is 42.9 Å². The van der Waals surface area contributed by atoms with Gasteiger partial charge in [-0.25, -0.2) is 0 Å². The summed E-state index contributed by atoms with van der Waals surface area (Å²) < 4.78 is 27.6. The van der Waals surface area contributed by atoms with Crippen molar-refractivity contribution in [2.24, 2.45) is 0 Å². The van der Waals surface area contributed by atoms with E-state index in [9.17, 15) is 19.2 Å². The van der Waals surface area contributed by atoms with Gasteiger partial charge >= 0.3 is 23.9 Å². The van der Waals surface area contributed by atoms with E-state index in [4.69, 9.17) is 23.7 Å². The van der Waals surface area contributed by atoms with Crippen molar-refractivity contribution in [1.82, 2.24) is 0 Å². The lowest BCUT2D eigenvalue weighted by Crippen LogP contribution is -2.29. The Morgan fingerprint density at radius 1 is 0.453 bits per heavy atom. The summed E-state index contributed by atoms with van der Waals surface area (Å²) in [4.78, 5) is 49.0. The SMILES string of the molecule is CCCCCCCCOC(=O)CCCCCCCC(=O)OCC(COCc1ccccc1)OC(=O)CCCCCCCC(=O)OCCCCCCCC. The molecule has 1 unspecified atom stereocenters. The van der Waals surface area contributed by atoms with Gasteiger partial charge in [0.15, 0.2) is 6.10 Å². The normalized spacial score (nSPS) is 11.6. The Bertz CT molecular complexity index is 1030. The van der Waals surface area contributed by atoms with Gasteiger partial charge < -0.3 is 23.7 Å². The zero-order valence-electron chi connectivity index (χ0n) is 33.6. The smallest absolute Gasteiger partial charge is 0.306 e. The molecular formula is C44H74O9. The van der Waals surface area contributed by atoms with E-state index in [1.54, 1.807) is 0 Å². The number of unbranched alkanes of at least 4 members (excludes halogenated alkanes) is 18. The number of benzene rings is 1. The molecule has 304 valence electrons. The first kappa shape index (κ1) is 48.1.